The normalized spacial score (nSPS) is 10.1. The summed E-state index contributed by atoms with van der Waals surface area (Å²) >= 11 is 3.11. The predicted octanol–water partition coefficient (Wildman–Crippen LogP) is 3.39. The van der Waals surface area contributed by atoms with Crippen molar-refractivity contribution in [3.63, 3.8) is 0 Å². The Labute approximate surface area is 83.1 Å². The smallest absolute Gasteiger partial charge is 0.205 e. The first-order valence-electron chi connectivity index (χ1n) is 3.56. The number of hydrogen-bond donors (Lipinski definition) is 0. The van der Waals surface area contributed by atoms with Gasteiger partial charge in [0.15, 0.2) is 0 Å². The molecule has 13 heavy (non-hydrogen) atoms. The highest BCUT2D eigenvalue weighted by Crippen LogP contribution is 2.25. The van der Waals surface area contributed by atoms with Crippen LogP contribution in [0.15, 0.2) is 18.2 Å². The molecule has 1 aromatic rings. The van der Waals surface area contributed by atoms with Gasteiger partial charge < -0.3 is 0 Å². The van der Waals surface area contributed by atoms with Gasteiger partial charge in [0.1, 0.15) is 0 Å². The highest BCUT2D eigenvalue weighted by Gasteiger charge is 2.12. The highest BCUT2D eigenvalue weighted by molar-refractivity contribution is 9.08. The molecule has 0 fully saturated rings. The van der Waals surface area contributed by atoms with Crippen molar-refractivity contribution in [2.75, 3.05) is 0 Å². The average molecular weight is 246 g/mol. The third-order valence-electron chi connectivity index (χ3n) is 1.65. The molecule has 0 unspecified atom stereocenters. The van der Waals surface area contributed by atoms with Gasteiger partial charge >= 0.3 is 0 Å². The van der Waals surface area contributed by atoms with E-state index in [4.69, 9.17) is 5.26 Å². The monoisotopic (exact) mass is 245 g/mol. The van der Waals surface area contributed by atoms with Crippen LogP contribution in [-0.4, -0.2) is 0 Å². The SMILES string of the molecule is N#Cc1ccc(CBr)c(C(F)F)c1. The lowest BCUT2D eigenvalue weighted by Gasteiger charge is -2.05. The lowest BCUT2D eigenvalue weighted by molar-refractivity contribution is 0.150. The van der Waals surface area contributed by atoms with Crippen LogP contribution in [0.2, 0.25) is 0 Å². The molecule has 1 rings (SSSR count). The topological polar surface area (TPSA) is 23.8 Å². The summed E-state index contributed by atoms with van der Waals surface area (Å²) in [5, 5.41) is 8.87. The number of rotatable bonds is 2. The summed E-state index contributed by atoms with van der Waals surface area (Å²) in [6.07, 6.45) is -2.53. The molecule has 0 atom stereocenters. The Balaban J connectivity index is 3.20. The van der Waals surface area contributed by atoms with Crippen LogP contribution in [0.5, 0.6) is 0 Å². The van der Waals surface area contributed by atoms with E-state index in [2.05, 4.69) is 15.9 Å². The standard InChI is InChI=1S/C9H6BrF2N/c10-4-7-2-1-6(5-13)3-8(7)9(11)12/h1-3,9H,4H2. The summed E-state index contributed by atoms with van der Waals surface area (Å²) in [4.78, 5) is 0. The number of halogens is 3. The Bertz CT molecular complexity index is 344. The van der Waals surface area contributed by atoms with Crippen LogP contribution in [0, 0.1) is 11.3 Å². The molecule has 0 N–H and O–H groups in total. The molecule has 0 aliphatic rings. The van der Waals surface area contributed by atoms with Gasteiger partial charge in [0.2, 0.25) is 0 Å². The van der Waals surface area contributed by atoms with Crippen molar-refractivity contribution in [1.82, 2.24) is 0 Å². The first kappa shape index (κ1) is 10.1. The van der Waals surface area contributed by atoms with E-state index in [-0.39, 0.29) is 11.1 Å². The van der Waals surface area contributed by atoms with Crippen molar-refractivity contribution in [2.24, 2.45) is 0 Å². The Hall–Kier alpha value is -0.950. The second-order valence-corrected chi connectivity index (χ2v) is 3.02. The van der Waals surface area contributed by atoms with Crippen LogP contribution in [0.3, 0.4) is 0 Å². The van der Waals surface area contributed by atoms with Gasteiger partial charge in [-0.3, -0.25) is 0 Å². The van der Waals surface area contributed by atoms with E-state index < -0.39 is 6.43 Å². The molecule has 68 valence electrons. The molecule has 0 heterocycles. The van der Waals surface area contributed by atoms with E-state index >= 15 is 0 Å². The second-order valence-electron chi connectivity index (χ2n) is 2.46. The van der Waals surface area contributed by atoms with Crippen molar-refractivity contribution < 1.29 is 8.78 Å². The lowest BCUT2D eigenvalue weighted by atomic mass is 10.1. The van der Waals surface area contributed by atoms with E-state index in [9.17, 15) is 8.78 Å². The van der Waals surface area contributed by atoms with Gasteiger partial charge in [-0.25, -0.2) is 8.78 Å². The molecule has 0 saturated heterocycles. The largest absolute Gasteiger partial charge is 0.264 e. The molecule has 0 spiro atoms. The van der Waals surface area contributed by atoms with Gasteiger partial charge in [-0.2, -0.15) is 5.26 Å². The number of alkyl halides is 3. The van der Waals surface area contributed by atoms with Gasteiger partial charge in [0, 0.05) is 10.9 Å². The van der Waals surface area contributed by atoms with E-state index in [0.717, 1.165) is 0 Å². The minimum absolute atomic E-state index is 0.0732. The van der Waals surface area contributed by atoms with Gasteiger partial charge in [-0.1, -0.05) is 22.0 Å². The van der Waals surface area contributed by atoms with Gasteiger partial charge in [-0.15, -0.1) is 0 Å². The Morgan fingerprint density at radius 1 is 1.46 bits per heavy atom. The first-order chi connectivity index (χ1) is 6.19. The van der Waals surface area contributed by atoms with E-state index in [1.165, 1.54) is 18.2 Å². The molecule has 0 aliphatic carbocycles. The number of nitrogens with zero attached hydrogens (tertiary/aromatic N) is 1. The lowest BCUT2D eigenvalue weighted by Crippen LogP contribution is -1.92. The number of hydrogen-bond acceptors (Lipinski definition) is 1. The van der Waals surface area contributed by atoms with Crippen molar-refractivity contribution >= 4 is 15.9 Å². The summed E-state index contributed by atoms with van der Waals surface area (Å²) in [6.45, 7) is 0. The minimum Gasteiger partial charge on any atom is -0.205 e. The number of nitriles is 1. The zero-order valence-corrected chi connectivity index (χ0v) is 8.18. The molecule has 0 radical (unpaired) electrons. The maximum Gasteiger partial charge on any atom is 0.264 e. The van der Waals surface area contributed by atoms with Crippen molar-refractivity contribution in [1.29, 1.82) is 5.26 Å². The van der Waals surface area contributed by atoms with Crippen LogP contribution in [0.25, 0.3) is 0 Å². The van der Waals surface area contributed by atoms with Crippen LogP contribution in [0.4, 0.5) is 8.78 Å². The molecule has 0 bridgehead atoms. The quantitative estimate of drug-likeness (QED) is 0.733. The minimum atomic E-state index is -2.53. The molecule has 1 nitrogen and oxygen atoms in total. The summed E-state index contributed by atoms with van der Waals surface area (Å²) in [5.74, 6) is 0. The molecule has 0 aromatic heterocycles. The third-order valence-corrected chi connectivity index (χ3v) is 2.26. The molecular formula is C9H6BrF2N. The Morgan fingerprint density at radius 2 is 2.15 bits per heavy atom. The number of benzene rings is 1. The maximum atomic E-state index is 12.4. The van der Waals surface area contributed by atoms with Gasteiger partial charge in [0.05, 0.1) is 11.6 Å². The van der Waals surface area contributed by atoms with Gasteiger partial charge in [0.25, 0.3) is 6.43 Å². The van der Waals surface area contributed by atoms with E-state index in [1.54, 1.807) is 0 Å². The first-order valence-corrected chi connectivity index (χ1v) is 4.68. The second kappa shape index (κ2) is 4.33. The predicted molar refractivity (Wildman–Crippen MR) is 48.7 cm³/mol. The molecular weight excluding hydrogens is 240 g/mol. The van der Waals surface area contributed by atoms with Crippen LogP contribution < -0.4 is 0 Å². The molecule has 0 amide bonds. The van der Waals surface area contributed by atoms with Crippen molar-refractivity contribution in [3.8, 4) is 6.07 Å². The van der Waals surface area contributed by atoms with E-state index in [1.807, 2.05) is 6.07 Å². The van der Waals surface area contributed by atoms with E-state index in [0.29, 0.717) is 10.9 Å². The fourth-order valence-electron chi connectivity index (χ4n) is 0.989. The third kappa shape index (κ3) is 2.25. The van der Waals surface area contributed by atoms with Crippen molar-refractivity contribution in [2.45, 2.75) is 11.8 Å². The van der Waals surface area contributed by atoms with Crippen LogP contribution in [0.1, 0.15) is 23.1 Å². The molecule has 0 aliphatic heterocycles. The van der Waals surface area contributed by atoms with Gasteiger partial charge in [-0.05, 0) is 17.7 Å². The molecule has 1 aromatic carbocycles. The Morgan fingerprint density at radius 3 is 2.62 bits per heavy atom. The van der Waals surface area contributed by atoms with Crippen LogP contribution in [-0.2, 0) is 5.33 Å². The summed E-state index contributed by atoms with van der Waals surface area (Å²) in [7, 11) is 0. The fourth-order valence-corrected chi connectivity index (χ4v) is 1.50. The fraction of sp³-hybridized carbons (Fsp3) is 0.222. The van der Waals surface area contributed by atoms with Crippen LogP contribution >= 0.6 is 15.9 Å². The van der Waals surface area contributed by atoms with Crippen molar-refractivity contribution in [3.05, 3.63) is 34.9 Å². The Kier molecular flexibility index (Phi) is 3.38. The zero-order valence-electron chi connectivity index (χ0n) is 6.60. The highest BCUT2D eigenvalue weighted by atomic mass is 79.9. The summed E-state index contributed by atoms with van der Waals surface area (Å²) in [5.41, 5.74) is 0.713. The molecule has 0 saturated carbocycles. The average Bonchev–Trinajstić information content (AvgIpc) is 2.16. The maximum absolute atomic E-state index is 12.4. The zero-order chi connectivity index (χ0) is 9.84. The molecule has 4 heteroatoms. The summed E-state index contributed by atoms with van der Waals surface area (Å²) < 4.78 is 24.8. The summed E-state index contributed by atoms with van der Waals surface area (Å²) in [6, 6.07) is 6.12.